The minimum absolute atomic E-state index is 0.00879. The van der Waals surface area contributed by atoms with E-state index in [1.54, 1.807) is 5.32 Å². The summed E-state index contributed by atoms with van der Waals surface area (Å²) in [6.45, 7) is 6.85. The maximum Gasteiger partial charge on any atom is 0.471 e. The number of methoxy groups -OCH3 is 1. The van der Waals surface area contributed by atoms with Gasteiger partial charge in [0.1, 0.15) is 12.1 Å². The van der Waals surface area contributed by atoms with Crippen molar-refractivity contribution in [2.75, 3.05) is 27.5 Å². The molecule has 2 aromatic rings. The molecule has 6 rings (SSSR count). The van der Waals surface area contributed by atoms with Crippen LogP contribution in [-0.2, 0) is 22.4 Å². The third-order valence-electron chi connectivity index (χ3n) is 10.1. The van der Waals surface area contributed by atoms with Gasteiger partial charge in [-0.2, -0.15) is 18.4 Å². The second-order valence-corrected chi connectivity index (χ2v) is 12.5. The molecule has 4 heterocycles. The summed E-state index contributed by atoms with van der Waals surface area (Å²) < 4.78 is 56.1. The third kappa shape index (κ3) is 4.70. The van der Waals surface area contributed by atoms with Crippen LogP contribution in [0.15, 0.2) is 6.07 Å². The molecule has 0 aliphatic carbocycles. The normalized spacial score (nSPS) is 25.4. The highest BCUT2D eigenvalue weighted by molar-refractivity contribution is 5.89. The Morgan fingerprint density at radius 3 is 2.50 bits per heavy atom. The molecule has 4 aliphatic heterocycles. The number of aryl methyl sites for hydroxylation is 1. The average Bonchev–Trinajstić information content (AvgIpc) is 3.48. The molecule has 11 nitrogen and oxygen atoms in total. The fourth-order valence-corrected chi connectivity index (χ4v) is 7.93. The molecule has 4 aliphatic rings. The zero-order valence-corrected chi connectivity index (χ0v) is 26.3. The number of nitrogens with one attached hydrogen (secondary N) is 2. The Morgan fingerprint density at radius 1 is 1.15 bits per heavy atom. The van der Waals surface area contributed by atoms with Gasteiger partial charge >= 0.3 is 12.1 Å². The van der Waals surface area contributed by atoms with Crippen molar-refractivity contribution in [1.29, 1.82) is 5.26 Å². The number of likely N-dealkylation sites (N-methyl/N-ethyl adjacent to an activating group) is 1. The van der Waals surface area contributed by atoms with E-state index in [9.17, 15) is 33.1 Å². The van der Waals surface area contributed by atoms with Crippen molar-refractivity contribution in [3.05, 3.63) is 45.0 Å². The number of fused-ring (bicyclic) bond motifs is 9. The van der Waals surface area contributed by atoms with Crippen LogP contribution < -0.4 is 24.8 Å². The number of rotatable bonds is 5. The van der Waals surface area contributed by atoms with Gasteiger partial charge in [0.2, 0.25) is 12.7 Å². The van der Waals surface area contributed by atoms with Crippen LogP contribution in [0.25, 0.3) is 0 Å². The number of carbonyl (C=O) groups excluding carboxylic acids is 2. The number of hydrogen-bond acceptors (Lipinski definition) is 9. The van der Waals surface area contributed by atoms with E-state index in [4.69, 9.17) is 14.2 Å². The first-order chi connectivity index (χ1) is 21.7. The van der Waals surface area contributed by atoms with Gasteiger partial charge in [-0.25, -0.2) is 0 Å². The van der Waals surface area contributed by atoms with Crippen molar-refractivity contribution in [2.24, 2.45) is 0 Å². The minimum Gasteiger partial charge on any atom is -0.504 e. The molecular weight excluding hydrogens is 607 g/mol. The number of benzene rings is 2. The van der Waals surface area contributed by atoms with Gasteiger partial charge in [-0.1, -0.05) is 6.07 Å². The van der Waals surface area contributed by atoms with E-state index in [-0.39, 0.29) is 37.2 Å². The fraction of sp³-hybridized carbons (Fsp3) is 0.531. The lowest BCUT2D eigenvalue weighted by Gasteiger charge is -2.60. The van der Waals surface area contributed by atoms with Gasteiger partial charge in [0.15, 0.2) is 23.0 Å². The van der Waals surface area contributed by atoms with Crippen molar-refractivity contribution in [2.45, 2.75) is 83.0 Å². The van der Waals surface area contributed by atoms with E-state index in [0.717, 1.165) is 38.9 Å². The van der Waals surface area contributed by atoms with E-state index >= 15 is 0 Å². The number of nitrogens with zero attached hydrogens (tertiary/aromatic N) is 3. The van der Waals surface area contributed by atoms with Gasteiger partial charge in [-0.15, -0.1) is 0 Å². The summed E-state index contributed by atoms with van der Waals surface area (Å²) in [6, 6.07) is 0.703. The summed E-state index contributed by atoms with van der Waals surface area (Å²) in [5.74, 6) is -1.52. The summed E-state index contributed by atoms with van der Waals surface area (Å²) in [7, 11) is 3.45. The Labute approximate surface area is 264 Å². The molecule has 0 spiro atoms. The number of piperazine rings is 1. The van der Waals surface area contributed by atoms with E-state index in [0.29, 0.717) is 30.1 Å². The number of phenols is 1. The van der Waals surface area contributed by atoms with E-state index < -0.39 is 36.1 Å². The van der Waals surface area contributed by atoms with E-state index in [1.807, 2.05) is 33.9 Å². The predicted molar refractivity (Wildman–Crippen MR) is 158 cm³/mol. The molecule has 0 aromatic heterocycles. The number of ether oxygens (including phenoxy) is 3. The average molecular weight is 644 g/mol. The predicted octanol–water partition coefficient (Wildman–Crippen LogP) is 3.01. The van der Waals surface area contributed by atoms with Gasteiger partial charge in [0.05, 0.1) is 25.3 Å². The van der Waals surface area contributed by atoms with Gasteiger partial charge in [0, 0.05) is 29.8 Å². The van der Waals surface area contributed by atoms with Gasteiger partial charge < -0.3 is 30.0 Å². The molecule has 0 radical (unpaired) electrons. The maximum atomic E-state index is 13.1. The molecule has 2 aromatic carbocycles. The van der Waals surface area contributed by atoms with Gasteiger partial charge in [-0.3, -0.25) is 19.4 Å². The van der Waals surface area contributed by atoms with E-state index in [1.165, 1.54) is 14.0 Å². The molecule has 1 saturated heterocycles. The standard InChI is InChI=1S/C32H36F3N5O6/c1-13-7-17-8-19-21(10-36)40-20(25(39(19)5)23(17)26(41)27(13)44-6)9-18-14(2)15(3)28-29(46-12-45-28)24(18)22(40)11-37-30(42)16(4)38-31(43)32(33,34)35/h7,16,19-22,25,41H,8-9,11-12H2,1-6H3,(H,37,42)(H,38,43)/t16-,19-,20?,21-,22-,25-/m0/s1. The third-order valence-corrected chi connectivity index (χ3v) is 10.1. The smallest absolute Gasteiger partial charge is 0.471 e. The Hall–Kier alpha value is -4.22. The molecule has 1 fully saturated rings. The number of aromatic hydroxyl groups is 1. The van der Waals surface area contributed by atoms with Crippen LogP contribution in [0.4, 0.5) is 13.2 Å². The summed E-state index contributed by atoms with van der Waals surface area (Å²) in [6.07, 6.45) is -4.19. The molecule has 14 heteroatoms. The number of alkyl halides is 3. The molecule has 3 N–H and O–H groups in total. The lowest BCUT2D eigenvalue weighted by Crippen LogP contribution is -2.69. The zero-order valence-electron chi connectivity index (χ0n) is 26.3. The Bertz CT molecular complexity index is 1670. The summed E-state index contributed by atoms with van der Waals surface area (Å²) >= 11 is 0. The highest BCUT2D eigenvalue weighted by Gasteiger charge is 2.56. The molecule has 2 amide bonds. The zero-order chi connectivity index (χ0) is 33.4. The number of carbonyl (C=O) groups is 2. The summed E-state index contributed by atoms with van der Waals surface area (Å²) in [4.78, 5) is 28.8. The lowest BCUT2D eigenvalue weighted by molar-refractivity contribution is -0.174. The second kappa shape index (κ2) is 11.2. The quantitative estimate of drug-likeness (QED) is 0.449. The van der Waals surface area contributed by atoms with Crippen LogP contribution in [0.2, 0.25) is 0 Å². The maximum absolute atomic E-state index is 13.1. The van der Waals surface area contributed by atoms with Crippen LogP contribution in [0.1, 0.15) is 58.0 Å². The lowest BCUT2D eigenvalue weighted by atomic mass is 9.71. The SMILES string of the molecule is COc1c(C)cc2c(c1O)[C@@H]1C3Cc4c(C)c(C)c5c(c4[C@H](CNC(=O)[C@H](C)NC(=O)C(F)(F)F)N3[C@@H](C#N)[C@H](C2)N1C)OCO5. The van der Waals surface area contributed by atoms with Crippen molar-refractivity contribution < 1.29 is 42.1 Å². The first-order valence-corrected chi connectivity index (χ1v) is 15.1. The van der Waals surface area contributed by atoms with Crippen LogP contribution in [0, 0.1) is 32.1 Å². The topological polar surface area (TPSA) is 136 Å². The van der Waals surface area contributed by atoms with Crippen molar-refractivity contribution in [1.82, 2.24) is 20.4 Å². The van der Waals surface area contributed by atoms with Crippen LogP contribution in [0.3, 0.4) is 0 Å². The van der Waals surface area contributed by atoms with Gasteiger partial charge in [0.25, 0.3) is 0 Å². The van der Waals surface area contributed by atoms with Gasteiger partial charge in [-0.05, 0) is 75.4 Å². The Balaban J connectivity index is 1.47. The minimum atomic E-state index is -5.14. The molecule has 6 atom stereocenters. The van der Waals surface area contributed by atoms with Crippen molar-refractivity contribution >= 4 is 11.8 Å². The Kier molecular flexibility index (Phi) is 7.76. The number of hydrogen-bond donors (Lipinski definition) is 3. The molecular formula is C32H36F3N5O6. The van der Waals surface area contributed by atoms with Crippen LogP contribution in [-0.4, -0.2) is 84.6 Å². The van der Waals surface area contributed by atoms with Crippen molar-refractivity contribution in [3.8, 4) is 29.1 Å². The molecule has 246 valence electrons. The number of halogens is 3. The monoisotopic (exact) mass is 643 g/mol. The van der Waals surface area contributed by atoms with E-state index in [2.05, 4.69) is 21.2 Å². The number of amides is 2. The highest BCUT2D eigenvalue weighted by Crippen LogP contribution is 2.56. The number of nitriles is 1. The van der Waals surface area contributed by atoms with Crippen LogP contribution in [0.5, 0.6) is 23.0 Å². The second-order valence-electron chi connectivity index (χ2n) is 12.5. The summed E-state index contributed by atoms with van der Waals surface area (Å²) in [5, 5.41) is 26.7. The van der Waals surface area contributed by atoms with Crippen LogP contribution >= 0.6 is 0 Å². The Morgan fingerprint density at radius 2 is 1.85 bits per heavy atom. The fourth-order valence-electron chi connectivity index (χ4n) is 7.93. The number of phenolic OH excluding ortho intramolecular Hbond substituents is 1. The first kappa shape index (κ1) is 31.7. The molecule has 1 unspecified atom stereocenters. The molecule has 2 bridgehead atoms. The molecule has 0 saturated carbocycles. The van der Waals surface area contributed by atoms with Crippen molar-refractivity contribution in [3.63, 3.8) is 0 Å². The largest absolute Gasteiger partial charge is 0.504 e. The first-order valence-electron chi connectivity index (χ1n) is 15.1. The summed E-state index contributed by atoms with van der Waals surface area (Å²) in [5.41, 5.74) is 6.00. The molecule has 46 heavy (non-hydrogen) atoms. The highest BCUT2D eigenvalue weighted by atomic mass is 19.4.